The van der Waals surface area contributed by atoms with E-state index in [0.29, 0.717) is 11.8 Å². The van der Waals surface area contributed by atoms with Crippen LogP contribution in [0.3, 0.4) is 0 Å². The van der Waals surface area contributed by atoms with Crippen molar-refractivity contribution in [1.82, 2.24) is 0 Å². The van der Waals surface area contributed by atoms with Gasteiger partial charge >= 0.3 is 0 Å². The van der Waals surface area contributed by atoms with E-state index in [1.807, 2.05) is 7.11 Å². The van der Waals surface area contributed by atoms with E-state index in [1.54, 1.807) is 38.0 Å². The number of hydrogen-bond donors (Lipinski definition) is 0. The molecule has 0 heterocycles. The van der Waals surface area contributed by atoms with Crippen LogP contribution in [0.1, 0.15) is 65.2 Å². The molecular weight excluding hydrogens is 380 g/mol. The third-order valence-electron chi connectivity index (χ3n) is 9.42. The minimum absolute atomic E-state index is 0.00414. The quantitative estimate of drug-likeness (QED) is 0.321. The van der Waals surface area contributed by atoms with Crippen molar-refractivity contribution >= 4 is 0 Å². The standard InChI is InChI=1S/C25H40O5/c1-17(30-29-6)24(16-26-3)13-11-22-21-8-7-18-15-25(27-4,28-5)14-10-19(18)20(21)9-12-23(22,24)2/h9,17,21-22H,7-8,10-16H2,1-6H3/t17-,21?,22?,23+,24+/m1/s1. The normalized spacial score (nSPS) is 38.5. The van der Waals surface area contributed by atoms with Gasteiger partial charge < -0.3 is 14.2 Å². The van der Waals surface area contributed by atoms with Crippen LogP contribution in [0.4, 0.5) is 0 Å². The molecule has 30 heavy (non-hydrogen) atoms. The molecule has 4 aliphatic rings. The molecule has 0 spiro atoms. The van der Waals surface area contributed by atoms with Crippen molar-refractivity contribution < 1.29 is 24.0 Å². The van der Waals surface area contributed by atoms with Crippen LogP contribution in [0, 0.1) is 22.7 Å². The van der Waals surface area contributed by atoms with Crippen LogP contribution in [0.2, 0.25) is 0 Å². The summed E-state index contributed by atoms with van der Waals surface area (Å²) in [6.45, 7) is 5.36. The average molecular weight is 421 g/mol. The topological polar surface area (TPSA) is 46.2 Å². The van der Waals surface area contributed by atoms with E-state index < -0.39 is 5.79 Å². The lowest BCUT2D eigenvalue weighted by Crippen LogP contribution is -2.52. The molecule has 4 rings (SSSR count). The Labute approximate surface area is 182 Å². The first-order chi connectivity index (χ1) is 14.4. The number of methoxy groups -OCH3 is 3. The highest BCUT2D eigenvalue weighted by atomic mass is 17.2. The fourth-order valence-corrected chi connectivity index (χ4v) is 7.66. The lowest BCUT2D eigenvalue weighted by atomic mass is 9.52. The third-order valence-corrected chi connectivity index (χ3v) is 9.42. The maximum atomic E-state index is 5.79. The summed E-state index contributed by atoms with van der Waals surface area (Å²) in [6, 6.07) is 0. The molecular formula is C25H40O5. The maximum Gasteiger partial charge on any atom is 0.171 e. The molecule has 5 nitrogen and oxygen atoms in total. The van der Waals surface area contributed by atoms with E-state index in [4.69, 9.17) is 24.0 Å². The van der Waals surface area contributed by atoms with Crippen molar-refractivity contribution in [2.75, 3.05) is 35.0 Å². The molecule has 0 aliphatic heterocycles. The first-order valence-corrected chi connectivity index (χ1v) is 11.6. The van der Waals surface area contributed by atoms with Gasteiger partial charge in [0.25, 0.3) is 0 Å². The Morgan fingerprint density at radius 1 is 1.07 bits per heavy atom. The molecule has 2 unspecified atom stereocenters. The fourth-order valence-electron chi connectivity index (χ4n) is 7.66. The number of fused-ring (bicyclic) bond motifs is 4. The summed E-state index contributed by atoms with van der Waals surface area (Å²) in [7, 11) is 6.99. The first-order valence-electron chi connectivity index (χ1n) is 11.6. The Balaban J connectivity index is 1.67. The molecule has 5 heteroatoms. The lowest BCUT2D eigenvalue weighted by molar-refractivity contribution is -0.336. The van der Waals surface area contributed by atoms with E-state index >= 15 is 0 Å². The molecule has 0 N–H and O–H groups in total. The summed E-state index contributed by atoms with van der Waals surface area (Å²) in [5, 5.41) is 0. The van der Waals surface area contributed by atoms with Gasteiger partial charge in [0.1, 0.15) is 0 Å². The molecule has 0 amide bonds. The zero-order chi connectivity index (χ0) is 21.6. The minimum Gasteiger partial charge on any atom is -0.384 e. The molecule has 0 aromatic heterocycles. The molecule has 0 bridgehead atoms. The number of hydrogen-bond acceptors (Lipinski definition) is 5. The van der Waals surface area contributed by atoms with Gasteiger partial charge in [0.05, 0.1) is 19.8 Å². The Morgan fingerprint density at radius 2 is 1.83 bits per heavy atom. The molecule has 0 aromatic carbocycles. The van der Waals surface area contributed by atoms with Gasteiger partial charge in [-0.2, -0.15) is 0 Å². The maximum absolute atomic E-state index is 5.79. The number of allylic oxidation sites excluding steroid dienone is 3. The molecule has 5 atom stereocenters. The van der Waals surface area contributed by atoms with E-state index in [1.165, 1.54) is 19.3 Å². The Kier molecular flexibility index (Phi) is 6.24. The Morgan fingerprint density at radius 3 is 2.50 bits per heavy atom. The second kappa shape index (κ2) is 8.32. The largest absolute Gasteiger partial charge is 0.384 e. The van der Waals surface area contributed by atoms with Gasteiger partial charge in [0, 0.05) is 39.6 Å². The van der Waals surface area contributed by atoms with Crippen LogP contribution in [0.15, 0.2) is 22.8 Å². The summed E-state index contributed by atoms with van der Waals surface area (Å²) < 4.78 is 17.4. The molecule has 1 saturated carbocycles. The SMILES string of the molecule is COC[C@]1([C@@H](C)OOC)CCC2C3CCC4=C(CCC(OC)(OC)C4)C3=CC[C@@]21C. The van der Waals surface area contributed by atoms with Crippen molar-refractivity contribution in [3.8, 4) is 0 Å². The number of rotatable bonds is 7. The highest BCUT2D eigenvalue weighted by Gasteiger charge is 2.63. The van der Waals surface area contributed by atoms with E-state index in [2.05, 4.69) is 19.9 Å². The Hall–Kier alpha value is -0.720. The minimum atomic E-state index is -0.427. The van der Waals surface area contributed by atoms with Crippen LogP contribution in [0.25, 0.3) is 0 Å². The highest BCUT2D eigenvalue weighted by molar-refractivity contribution is 5.45. The molecule has 0 saturated heterocycles. The van der Waals surface area contributed by atoms with Gasteiger partial charge in [0.15, 0.2) is 5.79 Å². The summed E-state index contributed by atoms with van der Waals surface area (Å²) in [4.78, 5) is 10.9. The van der Waals surface area contributed by atoms with Gasteiger partial charge in [-0.3, -0.25) is 0 Å². The summed E-state index contributed by atoms with van der Waals surface area (Å²) in [6.07, 6.45) is 11.3. The summed E-state index contributed by atoms with van der Waals surface area (Å²) in [5.41, 5.74) is 4.95. The van der Waals surface area contributed by atoms with Crippen LogP contribution in [-0.2, 0) is 24.0 Å². The summed E-state index contributed by atoms with van der Waals surface area (Å²) >= 11 is 0. The Bertz CT molecular complexity index is 708. The predicted molar refractivity (Wildman–Crippen MR) is 116 cm³/mol. The predicted octanol–water partition coefficient (Wildman–Crippen LogP) is 5.21. The van der Waals surface area contributed by atoms with Gasteiger partial charge in [-0.05, 0) is 73.8 Å². The monoisotopic (exact) mass is 420 g/mol. The third kappa shape index (κ3) is 3.15. The zero-order valence-electron chi connectivity index (χ0n) is 19.7. The van der Waals surface area contributed by atoms with Gasteiger partial charge in [-0.15, -0.1) is 0 Å². The lowest BCUT2D eigenvalue weighted by Gasteiger charge is -2.54. The molecule has 4 aliphatic carbocycles. The van der Waals surface area contributed by atoms with Crippen LogP contribution in [-0.4, -0.2) is 46.9 Å². The summed E-state index contributed by atoms with van der Waals surface area (Å²) in [5.74, 6) is 0.887. The first kappa shape index (κ1) is 22.5. The van der Waals surface area contributed by atoms with E-state index in [9.17, 15) is 0 Å². The van der Waals surface area contributed by atoms with Crippen LogP contribution in [0.5, 0.6) is 0 Å². The fraction of sp³-hybridized carbons (Fsp3) is 0.840. The van der Waals surface area contributed by atoms with Gasteiger partial charge in [-0.25, -0.2) is 9.78 Å². The molecule has 0 radical (unpaired) electrons. The average Bonchev–Trinajstić information content (AvgIpc) is 3.07. The zero-order valence-corrected chi connectivity index (χ0v) is 19.7. The van der Waals surface area contributed by atoms with Crippen molar-refractivity contribution in [2.24, 2.45) is 22.7 Å². The molecule has 0 aromatic rings. The van der Waals surface area contributed by atoms with Crippen molar-refractivity contribution in [3.05, 3.63) is 22.8 Å². The van der Waals surface area contributed by atoms with Gasteiger partial charge in [-0.1, -0.05) is 18.6 Å². The van der Waals surface area contributed by atoms with E-state index in [0.717, 1.165) is 38.7 Å². The van der Waals surface area contributed by atoms with Crippen molar-refractivity contribution in [3.63, 3.8) is 0 Å². The smallest absolute Gasteiger partial charge is 0.171 e. The van der Waals surface area contributed by atoms with Crippen LogP contribution < -0.4 is 0 Å². The van der Waals surface area contributed by atoms with Gasteiger partial charge in [0.2, 0.25) is 0 Å². The number of ether oxygens (including phenoxy) is 3. The highest BCUT2D eigenvalue weighted by Crippen LogP contribution is 2.67. The van der Waals surface area contributed by atoms with Crippen molar-refractivity contribution in [1.29, 1.82) is 0 Å². The van der Waals surface area contributed by atoms with E-state index in [-0.39, 0.29) is 16.9 Å². The second-order valence-corrected chi connectivity index (χ2v) is 10.1. The molecule has 170 valence electrons. The second-order valence-electron chi connectivity index (χ2n) is 10.1. The molecule has 1 fully saturated rings. The van der Waals surface area contributed by atoms with Crippen molar-refractivity contribution in [2.45, 2.75) is 77.1 Å². The van der Waals surface area contributed by atoms with Crippen LogP contribution >= 0.6 is 0 Å².